The molecule has 0 spiro atoms. The topological polar surface area (TPSA) is 82.6 Å². The molecule has 0 radical (unpaired) electrons. The molecule has 1 aromatic rings. The molecule has 0 aromatic carbocycles. The molecule has 1 fully saturated rings. The molecule has 2 unspecified atom stereocenters. The monoisotopic (exact) mass is 547 g/mol. The Balaban J connectivity index is 1.13. The lowest BCUT2D eigenvalue weighted by molar-refractivity contribution is 0.0301. The van der Waals surface area contributed by atoms with Crippen LogP contribution in [0.4, 0.5) is 11.5 Å². The molecule has 0 aliphatic carbocycles. The molecule has 0 amide bonds. The van der Waals surface area contributed by atoms with Crippen LogP contribution < -0.4 is 26.4 Å². The second-order valence-electron chi connectivity index (χ2n) is 12.0. The molecule has 1 aromatic heterocycles. The summed E-state index contributed by atoms with van der Waals surface area (Å²) in [7, 11) is 3.64. The smallest absolute Gasteiger partial charge is 0.329 e. The Morgan fingerprint density at radius 2 is 1.33 bits per heavy atom. The zero-order chi connectivity index (χ0) is 27.9. The van der Waals surface area contributed by atoms with E-state index in [1.807, 2.05) is 11.9 Å². The van der Waals surface area contributed by atoms with Gasteiger partial charge in [-0.1, -0.05) is 103 Å². The second kappa shape index (κ2) is 17.8. The maximum atomic E-state index is 12.2. The van der Waals surface area contributed by atoms with E-state index < -0.39 is 0 Å². The number of nitrogens with one attached hydrogen (secondary N) is 2. The average molecular weight is 548 g/mol. The van der Waals surface area contributed by atoms with Crippen molar-refractivity contribution < 1.29 is 4.74 Å². The van der Waals surface area contributed by atoms with Crippen molar-refractivity contribution in [2.24, 2.45) is 7.05 Å². The van der Waals surface area contributed by atoms with Crippen molar-refractivity contribution in [1.82, 2.24) is 14.9 Å². The van der Waals surface area contributed by atoms with Crippen molar-refractivity contribution in [3.05, 3.63) is 20.8 Å². The summed E-state index contributed by atoms with van der Waals surface area (Å²) in [5.74, 6) is 0.751. The molecule has 2 aliphatic heterocycles. The van der Waals surface area contributed by atoms with E-state index in [2.05, 4.69) is 22.1 Å². The molecule has 8 nitrogen and oxygen atoms in total. The van der Waals surface area contributed by atoms with E-state index in [4.69, 9.17) is 4.74 Å². The molecule has 0 saturated carbocycles. The number of H-pyrrole nitrogens is 1. The molecule has 2 atom stereocenters. The molecule has 0 bridgehead atoms. The highest BCUT2D eigenvalue weighted by molar-refractivity contribution is 5.71. The van der Waals surface area contributed by atoms with E-state index in [1.54, 1.807) is 11.6 Å². The highest BCUT2D eigenvalue weighted by atomic mass is 16.5. The van der Waals surface area contributed by atoms with Gasteiger partial charge in [-0.15, -0.1) is 0 Å². The van der Waals surface area contributed by atoms with E-state index in [0.717, 1.165) is 25.3 Å². The molecule has 224 valence electrons. The van der Waals surface area contributed by atoms with Gasteiger partial charge in [0, 0.05) is 27.2 Å². The molecule has 8 heteroatoms. The minimum absolute atomic E-state index is 0.284. The van der Waals surface area contributed by atoms with Gasteiger partial charge in [-0.2, -0.15) is 0 Å². The van der Waals surface area contributed by atoms with Crippen molar-refractivity contribution in [2.75, 3.05) is 36.6 Å². The van der Waals surface area contributed by atoms with Crippen molar-refractivity contribution >= 4 is 11.5 Å². The summed E-state index contributed by atoms with van der Waals surface area (Å²) in [6, 6.07) is 0. The lowest BCUT2D eigenvalue weighted by atomic mass is 10.1. The van der Waals surface area contributed by atoms with E-state index >= 15 is 0 Å². The lowest BCUT2D eigenvalue weighted by Crippen LogP contribution is -2.32. The molecular formula is C31H57N5O3. The van der Waals surface area contributed by atoms with Crippen molar-refractivity contribution in [1.29, 1.82) is 0 Å². The van der Waals surface area contributed by atoms with Gasteiger partial charge in [0.05, 0.1) is 12.8 Å². The second-order valence-corrected chi connectivity index (χ2v) is 12.0. The maximum Gasteiger partial charge on any atom is 0.329 e. The number of aromatic nitrogens is 2. The van der Waals surface area contributed by atoms with Gasteiger partial charge < -0.3 is 14.5 Å². The third-order valence-electron chi connectivity index (χ3n) is 8.54. The maximum absolute atomic E-state index is 12.2. The summed E-state index contributed by atoms with van der Waals surface area (Å²) in [5.41, 5.74) is -0.0346. The van der Waals surface area contributed by atoms with E-state index in [-0.39, 0.29) is 17.5 Å². The predicted octanol–water partition coefficient (Wildman–Crippen LogP) is 6.03. The average Bonchev–Trinajstić information content (AvgIpc) is 3.51. The number of anilines is 2. The van der Waals surface area contributed by atoms with E-state index in [9.17, 15) is 9.59 Å². The highest BCUT2D eigenvalue weighted by Gasteiger charge is 2.29. The van der Waals surface area contributed by atoms with E-state index in [1.165, 1.54) is 116 Å². The Labute approximate surface area is 236 Å². The number of aromatic amines is 1. The third-order valence-corrected chi connectivity index (χ3v) is 8.54. The van der Waals surface area contributed by atoms with Gasteiger partial charge in [0.1, 0.15) is 17.7 Å². The number of hydrogen-bond acceptors (Lipinski definition) is 6. The SMILES string of the molecule is CCCCCCCCCCCCC1NCC(CCCCCCCCCN2CN(C)c3c2n(C)c(=O)[nH]c3=O)O1. The van der Waals surface area contributed by atoms with Crippen molar-refractivity contribution in [3.63, 3.8) is 0 Å². The summed E-state index contributed by atoms with van der Waals surface area (Å²) in [4.78, 5) is 30.7. The summed E-state index contributed by atoms with van der Waals surface area (Å²) < 4.78 is 7.81. The van der Waals surface area contributed by atoms with Crippen LogP contribution in [0, 0.1) is 0 Å². The molecule has 2 N–H and O–H groups in total. The zero-order valence-electron chi connectivity index (χ0n) is 25.3. The fourth-order valence-corrected chi connectivity index (χ4v) is 6.18. The fourth-order valence-electron chi connectivity index (χ4n) is 6.18. The van der Waals surface area contributed by atoms with Gasteiger partial charge in [0.2, 0.25) is 0 Å². The summed E-state index contributed by atoms with van der Waals surface area (Å²) in [6.07, 6.45) is 25.5. The number of ether oxygens (including phenoxy) is 1. The zero-order valence-corrected chi connectivity index (χ0v) is 25.3. The number of unbranched alkanes of at least 4 members (excludes halogenated alkanes) is 15. The minimum atomic E-state index is -0.345. The Morgan fingerprint density at radius 3 is 1.97 bits per heavy atom. The summed E-state index contributed by atoms with van der Waals surface area (Å²) in [6.45, 7) is 4.84. The summed E-state index contributed by atoms with van der Waals surface area (Å²) >= 11 is 0. The van der Waals surface area contributed by atoms with Gasteiger partial charge in [-0.3, -0.25) is 19.7 Å². The van der Waals surface area contributed by atoms with Crippen LogP contribution in [0.15, 0.2) is 9.59 Å². The molecule has 2 aliphatic rings. The minimum Gasteiger partial charge on any atom is -0.359 e. The fraction of sp³-hybridized carbons (Fsp3) is 0.871. The van der Waals surface area contributed by atoms with Crippen LogP contribution in [-0.2, 0) is 11.8 Å². The van der Waals surface area contributed by atoms with Crippen LogP contribution in [-0.4, -0.2) is 48.7 Å². The Bertz CT molecular complexity index is 930. The van der Waals surface area contributed by atoms with E-state index in [0.29, 0.717) is 18.5 Å². The Morgan fingerprint density at radius 1 is 0.769 bits per heavy atom. The van der Waals surface area contributed by atoms with Crippen LogP contribution in [0.1, 0.15) is 129 Å². The first kappa shape index (κ1) is 31.7. The van der Waals surface area contributed by atoms with Crippen molar-refractivity contribution in [2.45, 2.75) is 141 Å². The molecule has 3 heterocycles. The first-order valence-electron chi connectivity index (χ1n) is 16.2. The lowest BCUT2D eigenvalue weighted by Gasteiger charge is -2.20. The van der Waals surface area contributed by atoms with Crippen LogP contribution in [0.2, 0.25) is 0 Å². The first-order chi connectivity index (χ1) is 19.0. The molecule has 39 heavy (non-hydrogen) atoms. The standard InChI is InChI=1S/C31H57N5O3/c1-4-5-6-7-8-9-10-13-16-19-22-27-32-24-26(39-27)21-18-15-12-11-14-17-20-23-36-25-34(2)28-29(37)33-31(38)35(3)30(28)36/h26-27,32H,4-25H2,1-3H3,(H,33,37,38). The third kappa shape index (κ3) is 10.6. The van der Waals surface area contributed by atoms with Crippen LogP contribution >= 0.6 is 0 Å². The molecule has 1 saturated heterocycles. The number of nitrogens with zero attached hydrogens (tertiary/aromatic N) is 3. The van der Waals surface area contributed by atoms with Gasteiger partial charge >= 0.3 is 5.69 Å². The van der Waals surface area contributed by atoms with Crippen molar-refractivity contribution in [3.8, 4) is 0 Å². The predicted molar refractivity (Wildman–Crippen MR) is 163 cm³/mol. The number of rotatable bonds is 21. The molecular weight excluding hydrogens is 490 g/mol. The van der Waals surface area contributed by atoms with Gasteiger partial charge in [-0.25, -0.2) is 4.79 Å². The Hall–Kier alpha value is -1.80. The number of hydrogen-bond donors (Lipinski definition) is 2. The number of fused-ring (bicyclic) bond motifs is 1. The first-order valence-corrected chi connectivity index (χ1v) is 16.2. The summed E-state index contributed by atoms with van der Waals surface area (Å²) in [5, 5.41) is 3.59. The Kier molecular flexibility index (Phi) is 14.5. The van der Waals surface area contributed by atoms with Gasteiger partial charge in [-0.05, 0) is 25.7 Å². The van der Waals surface area contributed by atoms with Crippen LogP contribution in [0.5, 0.6) is 0 Å². The highest BCUT2D eigenvalue weighted by Crippen LogP contribution is 2.30. The normalized spacial score (nSPS) is 18.8. The van der Waals surface area contributed by atoms with Gasteiger partial charge in [0.15, 0.2) is 0 Å². The molecule has 3 rings (SSSR count). The quantitative estimate of drug-likeness (QED) is 0.183. The van der Waals surface area contributed by atoms with Crippen LogP contribution in [0.25, 0.3) is 0 Å². The largest absolute Gasteiger partial charge is 0.359 e. The van der Waals surface area contributed by atoms with Gasteiger partial charge in [0.25, 0.3) is 5.56 Å². The van der Waals surface area contributed by atoms with Crippen LogP contribution in [0.3, 0.4) is 0 Å².